The molecule has 0 aliphatic carbocycles. The van der Waals surface area contributed by atoms with E-state index < -0.39 is 0 Å². The lowest BCUT2D eigenvalue weighted by Gasteiger charge is -2.26. The third-order valence-electron chi connectivity index (χ3n) is 4.16. The highest BCUT2D eigenvalue weighted by atomic mass is 16.5. The summed E-state index contributed by atoms with van der Waals surface area (Å²) in [5.74, 6) is 0.685. The number of benzene rings is 2. The van der Waals surface area contributed by atoms with Gasteiger partial charge in [0.05, 0.1) is 20.6 Å². The minimum Gasteiger partial charge on any atom is -0.483 e. The highest BCUT2D eigenvalue weighted by Crippen LogP contribution is 2.21. The molecule has 1 amide bonds. The lowest BCUT2D eigenvalue weighted by Crippen LogP contribution is -3.07. The Balaban J connectivity index is 1.88. The fourth-order valence-electron chi connectivity index (χ4n) is 3.16. The number of hydrogen-bond acceptors (Lipinski definition) is 2. The predicted molar refractivity (Wildman–Crippen MR) is 106 cm³/mol. The summed E-state index contributed by atoms with van der Waals surface area (Å²) in [6, 6.07) is 18.2. The number of carbonyl (C=O) groups is 1. The second-order valence-corrected chi connectivity index (χ2v) is 7.88. The maximum Gasteiger partial charge on any atom is 0.257 e. The first kappa shape index (κ1) is 20.0. The molecule has 0 saturated carbocycles. The molecule has 0 saturated heterocycles. The minimum atomic E-state index is -0.0821. The van der Waals surface area contributed by atoms with Gasteiger partial charge in [-0.05, 0) is 17.2 Å². The molecule has 0 bridgehead atoms. The van der Waals surface area contributed by atoms with Gasteiger partial charge in [0.2, 0.25) is 0 Å². The Labute approximate surface area is 157 Å². The molecule has 4 nitrogen and oxygen atoms in total. The Hall–Kier alpha value is -2.33. The van der Waals surface area contributed by atoms with E-state index in [2.05, 4.69) is 45.4 Å². The van der Waals surface area contributed by atoms with E-state index in [1.54, 1.807) is 0 Å². The number of ether oxygens (including phenoxy) is 1. The zero-order valence-electron chi connectivity index (χ0n) is 16.3. The second-order valence-electron chi connectivity index (χ2n) is 7.88. The lowest BCUT2D eigenvalue weighted by molar-refractivity contribution is -0.865. The van der Waals surface area contributed by atoms with Gasteiger partial charge in [0.15, 0.2) is 6.61 Å². The van der Waals surface area contributed by atoms with Crippen molar-refractivity contribution in [2.75, 3.05) is 33.8 Å². The Morgan fingerprint density at radius 3 is 2.38 bits per heavy atom. The predicted octanol–water partition coefficient (Wildman–Crippen LogP) is 1.94. The summed E-state index contributed by atoms with van der Waals surface area (Å²) in [6.07, 6.45) is 0.789. The van der Waals surface area contributed by atoms with Crippen LogP contribution in [-0.4, -0.2) is 39.7 Å². The van der Waals surface area contributed by atoms with E-state index in [0.29, 0.717) is 6.54 Å². The molecule has 4 heteroatoms. The Bertz CT molecular complexity index is 696. The highest BCUT2D eigenvalue weighted by molar-refractivity contribution is 5.77. The fraction of sp³-hybridized carbons (Fsp3) is 0.409. The summed E-state index contributed by atoms with van der Waals surface area (Å²) in [4.78, 5) is 13.5. The first-order valence-corrected chi connectivity index (χ1v) is 9.16. The molecular formula is C22H31N2O2+. The molecule has 0 aliphatic heterocycles. The van der Waals surface area contributed by atoms with Crippen LogP contribution in [0.1, 0.15) is 25.0 Å². The lowest BCUT2D eigenvalue weighted by atomic mass is 9.93. The van der Waals surface area contributed by atoms with E-state index in [0.717, 1.165) is 24.3 Å². The number of para-hydroxylation sites is 1. The van der Waals surface area contributed by atoms with Crippen LogP contribution in [0.15, 0.2) is 54.6 Å². The van der Waals surface area contributed by atoms with Crippen molar-refractivity contribution in [1.29, 1.82) is 0 Å². The molecule has 0 heterocycles. The standard InChI is InChI=1S/C22H30N2O2/c1-22(2,17-24(3)4)16-23-21(25)15-26-20-13-9-8-12-19(20)14-18-10-6-5-7-11-18/h5-13H,14-17H2,1-4H3,(H,23,25)/p+1. The topological polar surface area (TPSA) is 42.8 Å². The van der Waals surface area contributed by atoms with Crippen LogP contribution in [0.4, 0.5) is 0 Å². The van der Waals surface area contributed by atoms with Crippen molar-refractivity contribution in [2.24, 2.45) is 5.41 Å². The maximum atomic E-state index is 12.2. The van der Waals surface area contributed by atoms with E-state index in [4.69, 9.17) is 4.74 Å². The van der Waals surface area contributed by atoms with Gasteiger partial charge in [0.1, 0.15) is 5.75 Å². The second kappa shape index (κ2) is 9.39. The highest BCUT2D eigenvalue weighted by Gasteiger charge is 2.22. The van der Waals surface area contributed by atoms with Gasteiger partial charge in [0, 0.05) is 18.4 Å². The molecule has 26 heavy (non-hydrogen) atoms. The fourth-order valence-corrected chi connectivity index (χ4v) is 3.16. The van der Waals surface area contributed by atoms with E-state index >= 15 is 0 Å². The van der Waals surface area contributed by atoms with E-state index in [-0.39, 0.29) is 17.9 Å². The maximum absolute atomic E-state index is 12.2. The molecule has 0 aliphatic rings. The summed E-state index contributed by atoms with van der Waals surface area (Å²) in [5, 5.41) is 2.99. The van der Waals surface area contributed by atoms with Gasteiger partial charge in [-0.2, -0.15) is 0 Å². The summed E-state index contributed by atoms with van der Waals surface area (Å²) in [5.41, 5.74) is 2.36. The largest absolute Gasteiger partial charge is 0.483 e. The van der Waals surface area contributed by atoms with E-state index in [1.165, 1.54) is 10.5 Å². The number of rotatable bonds is 9. The molecule has 2 aromatic carbocycles. The molecule has 0 spiro atoms. The number of amides is 1. The molecule has 0 aromatic heterocycles. The zero-order valence-corrected chi connectivity index (χ0v) is 16.3. The molecule has 2 aromatic rings. The SMILES string of the molecule is C[NH+](C)CC(C)(C)CNC(=O)COc1ccccc1Cc1ccccc1. The van der Waals surface area contributed by atoms with Crippen LogP contribution in [0, 0.1) is 5.41 Å². The van der Waals surface area contributed by atoms with Gasteiger partial charge >= 0.3 is 0 Å². The van der Waals surface area contributed by atoms with Crippen LogP contribution in [0.25, 0.3) is 0 Å². The molecule has 0 radical (unpaired) electrons. The number of nitrogens with one attached hydrogen (secondary N) is 2. The van der Waals surface area contributed by atoms with Crippen LogP contribution in [-0.2, 0) is 11.2 Å². The molecule has 0 unspecified atom stereocenters. The average Bonchev–Trinajstić information content (AvgIpc) is 2.59. The summed E-state index contributed by atoms with van der Waals surface area (Å²) in [7, 11) is 4.24. The van der Waals surface area contributed by atoms with Crippen molar-refractivity contribution in [1.82, 2.24) is 5.32 Å². The molecule has 140 valence electrons. The number of hydrogen-bond donors (Lipinski definition) is 2. The zero-order chi connectivity index (χ0) is 19.0. The normalized spacial score (nSPS) is 11.4. The van der Waals surface area contributed by atoms with E-state index in [9.17, 15) is 4.79 Å². The Morgan fingerprint density at radius 2 is 1.69 bits per heavy atom. The quantitative estimate of drug-likeness (QED) is 0.722. The molecule has 2 N–H and O–H groups in total. The van der Waals surface area contributed by atoms with Crippen molar-refractivity contribution in [3.8, 4) is 5.75 Å². The van der Waals surface area contributed by atoms with Crippen molar-refractivity contribution in [3.05, 3.63) is 65.7 Å². The van der Waals surface area contributed by atoms with Crippen molar-refractivity contribution < 1.29 is 14.4 Å². The number of quaternary nitrogens is 1. The van der Waals surface area contributed by atoms with Crippen molar-refractivity contribution in [3.63, 3.8) is 0 Å². The Morgan fingerprint density at radius 1 is 1.04 bits per heavy atom. The summed E-state index contributed by atoms with van der Waals surface area (Å²) >= 11 is 0. The molecular weight excluding hydrogens is 324 g/mol. The minimum absolute atomic E-state index is 0.0384. The summed E-state index contributed by atoms with van der Waals surface area (Å²) in [6.45, 7) is 6.00. The van der Waals surface area contributed by atoms with Gasteiger partial charge in [-0.15, -0.1) is 0 Å². The molecule has 0 fully saturated rings. The molecule has 2 rings (SSSR count). The van der Waals surface area contributed by atoms with Gasteiger partial charge in [-0.3, -0.25) is 4.79 Å². The third-order valence-corrected chi connectivity index (χ3v) is 4.16. The van der Waals surface area contributed by atoms with Gasteiger partial charge < -0.3 is 15.0 Å². The first-order chi connectivity index (χ1) is 12.4. The van der Waals surface area contributed by atoms with Crippen LogP contribution >= 0.6 is 0 Å². The molecule has 0 atom stereocenters. The van der Waals surface area contributed by atoms with E-state index in [1.807, 2.05) is 42.5 Å². The smallest absolute Gasteiger partial charge is 0.257 e. The monoisotopic (exact) mass is 355 g/mol. The Kier molecular flexibility index (Phi) is 7.22. The van der Waals surface area contributed by atoms with Crippen LogP contribution in [0.3, 0.4) is 0 Å². The van der Waals surface area contributed by atoms with Crippen LogP contribution in [0.2, 0.25) is 0 Å². The van der Waals surface area contributed by atoms with Crippen LogP contribution < -0.4 is 15.0 Å². The summed E-state index contributed by atoms with van der Waals surface area (Å²) < 4.78 is 5.80. The third kappa shape index (κ3) is 6.89. The van der Waals surface area contributed by atoms with Gasteiger partial charge in [0.25, 0.3) is 5.91 Å². The van der Waals surface area contributed by atoms with Gasteiger partial charge in [-0.1, -0.05) is 62.4 Å². The average molecular weight is 356 g/mol. The van der Waals surface area contributed by atoms with Crippen molar-refractivity contribution in [2.45, 2.75) is 20.3 Å². The number of carbonyl (C=O) groups excluding carboxylic acids is 1. The first-order valence-electron chi connectivity index (χ1n) is 9.16. The van der Waals surface area contributed by atoms with Gasteiger partial charge in [-0.25, -0.2) is 0 Å². The van der Waals surface area contributed by atoms with Crippen molar-refractivity contribution >= 4 is 5.91 Å². The van der Waals surface area contributed by atoms with Crippen LogP contribution in [0.5, 0.6) is 5.75 Å².